The Balaban J connectivity index is 1.71. The van der Waals surface area contributed by atoms with Crippen molar-refractivity contribution in [2.24, 2.45) is 5.92 Å². The predicted molar refractivity (Wildman–Crippen MR) is 62.9 cm³/mol. The molecule has 1 aliphatic rings. The van der Waals surface area contributed by atoms with E-state index in [9.17, 15) is 0 Å². The van der Waals surface area contributed by atoms with Gasteiger partial charge in [0.2, 0.25) is 0 Å². The number of ether oxygens (including phenoxy) is 1. The second-order valence-corrected chi connectivity index (χ2v) is 4.36. The molecule has 0 spiro atoms. The van der Waals surface area contributed by atoms with Crippen LogP contribution in [0.2, 0.25) is 0 Å². The van der Waals surface area contributed by atoms with E-state index < -0.39 is 0 Å². The van der Waals surface area contributed by atoms with Crippen molar-refractivity contribution >= 4 is 5.69 Å². The highest BCUT2D eigenvalue weighted by Gasteiger charge is 2.14. The number of benzene rings is 1. The molecule has 0 saturated heterocycles. The Morgan fingerprint density at radius 2 is 1.80 bits per heavy atom. The average molecular weight is 205 g/mol. The molecule has 0 bridgehead atoms. The van der Waals surface area contributed by atoms with Crippen LogP contribution >= 0.6 is 0 Å². The van der Waals surface area contributed by atoms with E-state index in [1.807, 2.05) is 24.3 Å². The molecule has 0 heterocycles. The highest BCUT2D eigenvalue weighted by molar-refractivity contribution is 5.41. The number of nitrogen functional groups attached to an aromatic ring is 1. The van der Waals surface area contributed by atoms with Crippen LogP contribution in [0.25, 0.3) is 0 Å². The summed E-state index contributed by atoms with van der Waals surface area (Å²) in [6.07, 6.45) is 6.81. The quantitative estimate of drug-likeness (QED) is 0.766. The molecule has 2 N–H and O–H groups in total. The van der Waals surface area contributed by atoms with E-state index in [-0.39, 0.29) is 0 Å². The summed E-state index contributed by atoms with van der Waals surface area (Å²) in [7, 11) is 0. The molecule has 15 heavy (non-hydrogen) atoms. The van der Waals surface area contributed by atoms with Gasteiger partial charge in [-0.15, -0.1) is 0 Å². The third-order valence-corrected chi connectivity index (χ3v) is 3.15. The average Bonchev–Trinajstić information content (AvgIpc) is 2.74. The lowest BCUT2D eigenvalue weighted by Gasteiger charge is -2.10. The van der Waals surface area contributed by atoms with Gasteiger partial charge < -0.3 is 10.5 Å². The Labute approximate surface area is 91.4 Å². The third kappa shape index (κ3) is 3.15. The first-order chi connectivity index (χ1) is 7.34. The van der Waals surface area contributed by atoms with Crippen molar-refractivity contribution in [2.45, 2.75) is 32.1 Å². The van der Waals surface area contributed by atoms with Gasteiger partial charge >= 0.3 is 0 Å². The molecular weight excluding hydrogens is 186 g/mol. The summed E-state index contributed by atoms with van der Waals surface area (Å²) in [5.41, 5.74) is 6.39. The smallest absolute Gasteiger partial charge is 0.119 e. The van der Waals surface area contributed by atoms with Crippen molar-refractivity contribution in [3.8, 4) is 5.75 Å². The van der Waals surface area contributed by atoms with Gasteiger partial charge in [0.05, 0.1) is 6.61 Å². The largest absolute Gasteiger partial charge is 0.494 e. The van der Waals surface area contributed by atoms with Crippen LogP contribution in [0.3, 0.4) is 0 Å². The molecule has 2 nitrogen and oxygen atoms in total. The van der Waals surface area contributed by atoms with E-state index in [4.69, 9.17) is 10.5 Å². The van der Waals surface area contributed by atoms with Crippen LogP contribution in [0, 0.1) is 5.92 Å². The Bertz CT molecular complexity index is 288. The lowest BCUT2D eigenvalue weighted by Crippen LogP contribution is -2.03. The zero-order valence-electron chi connectivity index (χ0n) is 9.11. The zero-order valence-corrected chi connectivity index (χ0v) is 9.11. The van der Waals surface area contributed by atoms with Gasteiger partial charge in [0, 0.05) is 5.69 Å². The molecule has 82 valence electrons. The van der Waals surface area contributed by atoms with Gasteiger partial charge in [0.1, 0.15) is 5.75 Å². The number of hydrogen-bond donors (Lipinski definition) is 1. The molecule has 1 aliphatic carbocycles. The maximum absolute atomic E-state index is 5.67. The zero-order chi connectivity index (χ0) is 10.5. The Kier molecular flexibility index (Phi) is 3.49. The summed E-state index contributed by atoms with van der Waals surface area (Å²) < 4.78 is 5.67. The summed E-state index contributed by atoms with van der Waals surface area (Å²) in [6.45, 7) is 0.842. The molecule has 1 aromatic carbocycles. The normalized spacial score (nSPS) is 16.8. The Morgan fingerprint density at radius 1 is 1.13 bits per heavy atom. The number of nitrogens with two attached hydrogens (primary N) is 1. The fourth-order valence-electron chi connectivity index (χ4n) is 2.21. The van der Waals surface area contributed by atoms with Crippen molar-refractivity contribution in [2.75, 3.05) is 12.3 Å². The van der Waals surface area contributed by atoms with Crippen molar-refractivity contribution < 1.29 is 4.74 Å². The van der Waals surface area contributed by atoms with Crippen LogP contribution in [-0.2, 0) is 0 Å². The molecule has 2 heteroatoms. The molecule has 0 atom stereocenters. The Morgan fingerprint density at radius 3 is 2.47 bits per heavy atom. The van der Waals surface area contributed by atoms with Crippen LogP contribution in [0.5, 0.6) is 5.75 Å². The molecule has 1 aromatic rings. The van der Waals surface area contributed by atoms with Crippen LogP contribution < -0.4 is 10.5 Å². The number of anilines is 1. The summed E-state index contributed by atoms with van der Waals surface area (Å²) in [6, 6.07) is 7.63. The lowest BCUT2D eigenvalue weighted by atomic mass is 10.1. The summed E-state index contributed by atoms with van der Waals surface area (Å²) >= 11 is 0. The maximum atomic E-state index is 5.67. The van der Waals surface area contributed by atoms with E-state index in [0.29, 0.717) is 0 Å². The van der Waals surface area contributed by atoms with Crippen molar-refractivity contribution in [3.63, 3.8) is 0 Å². The standard InChI is InChI=1S/C13H19NO/c14-12-5-7-13(8-6-12)15-10-9-11-3-1-2-4-11/h5-8,11H,1-4,9-10,14H2. The molecule has 0 aliphatic heterocycles. The predicted octanol–water partition coefficient (Wildman–Crippen LogP) is 3.23. The van der Waals surface area contributed by atoms with Crippen molar-refractivity contribution in [1.29, 1.82) is 0 Å². The lowest BCUT2D eigenvalue weighted by molar-refractivity contribution is 0.279. The van der Waals surface area contributed by atoms with Gasteiger partial charge in [0.15, 0.2) is 0 Å². The molecule has 0 amide bonds. The minimum absolute atomic E-state index is 0.790. The molecule has 0 unspecified atom stereocenters. The van der Waals surface area contributed by atoms with Crippen LogP contribution in [0.4, 0.5) is 5.69 Å². The molecule has 1 fully saturated rings. The van der Waals surface area contributed by atoms with Gasteiger partial charge in [-0.3, -0.25) is 0 Å². The van der Waals surface area contributed by atoms with Crippen LogP contribution in [0.1, 0.15) is 32.1 Å². The highest BCUT2D eigenvalue weighted by atomic mass is 16.5. The number of hydrogen-bond acceptors (Lipinski definition) is 2. The number of rotatable bonds is 4. The fourth-order valence-corrected chi connectivity index (χ4v) is 2.21. The Hall–Kier alpha value is -1.18. The monoisotopic (exact) mass is 205 g/mol. The van der Waals surface area contributed by atoms with E-state index in [1.165, 1.54) is 32.1 Å². The SMILES string of the molecule is Nc1ccc(OCCC2CCCC2)cc1. The molecule has 2 rings (SSSR count). The van der Waals surface area contributed by atoms with Crippen LogP contribution in [-0.4, -0.2) is 6.61 Å². The minimum atomic E-state index is 0.790. The van der Waals surface area contributed by atoms with E-state index in [1.54, 1.807) is 0 Å². The van der Waals surface area contributed by atoms with E-state index >= 15 is 0 Å². The summed E-state index contributed by atoms with van der Waals surface area (Å²) in [5.74, 6) is 1.83. The summed E-state index contributed by atoms with van der Waals surface area (Å²) in [4.78, 5) is 0. The third-order valence-electron chi connectivity index (χ3n) is 3.15. The summed E-state index contributed by atoms with van der Waals surface area (Å²) in [5, 5.41) is 0. The molecule has 1 saturated carbocycles. The maximum Gasteiger partial charge on any atom is 0.119 e. The molecular formula is C13H19NO. The van der Waals surface area contributed by atoms with Gasteiger partial charge in [-0.2, -0.15) is 0 Å². The topological polar surface area (TPSA) is 35.2 Å². The van der Waals surface area contributed by atoms with Crippen LogP contribution in [0.15, 0.2) is 24.3 Å². The minimum Gasteiger partial charge on any atom is -0.494 e. The first-order valence-electron chi connectivity index (χ1n) is 5.83. The first-order valence-corrected chi connectivity index (χ1v) is 5.83. The second kappa shape index (κ2) is 5.06. The van der Waals surface area contributed by atoms with Gasteiger partial charge in [-0.05, 0) is 36.6 Å². The van der Waals surface area contributed by atoms with Gasteiger partial charge in [-0.25, -0.2) is 0 Å². The van der Waals surface area contributed by atoms with Gasteiger partial charge in [-0.1, -0.05) is 25.7 Å². The molecule has 0 aromatic heterocycles. The first kappa shape index (κ1) is 10.3. The molecule has 0 radical (unpaired) electrons. The van der Waals surface area contributed by atoms with Crippen molar-refractivity contribution in [1.82, 2.24) is 0 Å². The van der Waals surface area contributed by atoms with E-state index in [0.717, 1.165) is 24.0 Å². The highest BCUT2D eigenvalue weighted by Crippen LogP contribution is 2.27. The second-order valence-electron chi connectivity index (χ2n) is 4.36. The fraction of sp³-hybridized carbons (Fsp3) is 0.538. The van der Waals surface area contributed by atoms with Crippen molar-refractivity contribution in [3.05, 3.63) is 24.3 Å². The van der Waals surface area contributed by atoms with Gasteiger partial charge in [0.25, 0.3) is 0 Å². The van der Waals surface area contributed by atoms with E-state index in [2.05, 4.69) is 0 Å².